The highest BCUT2D eigenvalue weighted by molar-refractivity contribution is 6.00. The van der Waals surface area contributed by atoms with Crippen LogP contribution in [-0.2, 0) is 11.2 Å². The number of aryl methyl sites for hydroxylation is 1. The minimum atomic E-state index is 0.0683. The molecule has 2 aliphatic carbocycles. The molecule has 0 aliphatic heterocycles. The second kappa shape index (κ2) is 8.93. The van der Waals surface area contributed by atoms with Gasteiger partial charge in [0.05, 0.1) is 0 Å². The molecule has 32 heavy (non-hydrogen) atoms. The average Bonchev–Trinajstić information content (AvgIpc) is 3.21. The van der Waals surface area contributed by atoms with Gasteiger partial charge in [0.1, 0.15) is 0 Å². The molecule has 0 spiro atoms. The molecule has 3 aromatic rings. The minimum Gasteiger partial charge on any atom is -0.361 e. The molecular weight excluding hydrogens is 396 g/mol. The Balaban J connectivity index is 1.17. The lowest BCUT2D eigenvalue weighted by atomic mass is 9.76. The predicted molar refractivity (Wildman–Crippen MR) is 129 cm³/mol. The Morgan fingerprint density at radius 1 is 1.06 bits per heavy atom. The van der Waals surface area contributed by atoms with E-state index in [4.69, 9.17) is 0 Å². The molecule has 2 aliphatic rings. The topological polar surface area (TPSA) is 62.0 Å². The van der Waals surface area contributed by atoms with Crippen LogP contribution in [0.25, 0.3) is 10.9 Å². The number of anilines is 1. The SMILES string of the molecule is Cc1cccc2c1CCCC(CC1CCC(C(=O)Nc3ccc4cc[nH]c4c3)CC1)C2=O. The number of hydrogen-bond acceptors (Lipinski definition) is 2. The minimum absolute atomic E-state index is 0.0683. The number of benzene rings is 2. The lowest BCUT2D eigenvalue weighted by molar-refractivity contribution is -0.121. The number of nitrogens with one attached hydrogen (secondary N) is 2. The molecule has 5 rings (SSSR count). The third-order valence-corrected chi connectivity index (χ3v) is 7.68. The summed E-state index contributed by atoms with van der Waals surface area (Å²) in [6.07, 6.45) is 9.91. The quantitative estimate of drug-likeness (QED) is 0.469. The zero-order chi connectivity index (χ0) is 22.1. The highest BCUT2D eigenvalue weighted by Gasteiger charge is 2.32. The Labute approximate surface area is 189 Å². The third-order valence-electron chi connectivity index (χ3n) is 7.68. The number of rotatable bonds is 4. The number of aromatic amines is 1. The fourth-order valence-corrected chi connectivity index (χ4v) is 5.80. The van der Waals surface area contributed by atoms with Gasteiger partial charge in [-0.05, 0) is 98.9 Å². The summed E-state index contributed by atoms with van der Waals surface area (Å²) in [5.41, 5.74) is 5.36. The van der Waals surface area contributed by atoms with E-state index in [0.29, 0.717) is 11.7 Å². The molecule has 1 unspecified atom stereocenters. The van der Waals surface area contributed by atoms with Crippen molar-refractivity contribution in [3.05, 3.63) is 65.4 Å². The van der Waals surface area contributed by atoms with E-state index in [9.17, 15) is 9.59 Å². The number of H-pyrrole nitrogens is 1. The number of ketones is 1. The van der Waals surface area contributed by atoms with E-state index in [-0.39, 0.29) is 17.7 Å². The molecule has 1 heterocycles. The molecule has 1 amide bonds. The molecule has 2 aromatic carbocycles. The summed E-state index contributed by atoms with van der Waals surface area (Å²) in [4.78, 5) is 29.3. The van der Waals surface area contributed by atoms with Crippen molar-refractivity contribution < 1.29 is 9.59 Å². The van der Waals surface area contributed by atoms with Crippen molar-refractivity contribution in [3.63, 3.8) is 0 Å². The zero-order valence-electron chi connectivity index (χ0n) is 18.8. The van der Waals surface area contributed by atoms with Gasteiger partial charge in [0.2, 0.25) is 5.91 Å². The van der Waals surface area contributed by atoms with Crippen LogP contribution in [0.5, 0.6) is 0 Å². The van der Waals surface area contributed by atoms with Gasteiger partial charge in [-0.2, -0.15) is 0 Å². The number of fused-ring (bicyclic) bond motifs is 2. The van der Waals surface area contributed by atoms with Gasteiger partial charge < -0.3 is 10.3 Å². The van der Waals surface area contributed by atoms with E-state index in [1.807, 2.05) is 42.6 Å². The van der Waals surface area contributed by atoms with Crippen molar-refractivity contribution in [3.8, 4) is 0 Å². The van der Waals surface area contributed by atoms with Gasteiger partial charge in [-0.15, -0.1) is 0 Å². The number of amides is 1. The van der Waals surface area contributed by atoms with Crippen LogP contribution >= 0.6 is 0 Å². The highest BCUT2D eigenvalue weighted by Crippen LogP contribution is 2.37. The molecule has 0 radical (unpaired) electrons. The molecule has 1 fully saturated rings. The second-order valence-corrected chi connectivity index (χ2v) is 9.78. The first-order valence-corrected chi connectivity index (χ1v) is 12.1. The summed E-state index contributed by atoms with van der Waals surface area (Å²) in [6.45, 7) is 2.12. The Morgan fingerprint density at radius 3 is 2.75 bits per heavy atom. The average molecular weight is 429 g/mol. The highest BCUT2D eigenvalue weighted by atomic mass is 16.2. The molecule has 0 bridgehead atoms. The van der Waals surface area contributed by atoms with Crippen LogP contribution in [0.15, 0.2) is 48.7 Å². The van der Waals surface area contributed by atoms with E-state index < -0.39 is 0 Å². The summed E-state index contributed by atoms with van der Waals surface area (Å²) < 4.78 is 0. The van der Waals surface area contributed by atoms with Crippen LogP contribution < -0.4 is 5.32 Å². The van der Waals surface area contributed by atoms with E-state index in [1.165, 1.54) is 11.1 Å². The summed E-state index contributed by atoms with van der Waals surface area (Å²) in [6, 6.07) is 14.2. The first-order chi connectivity index (χ1) is 15.6. The van der Waals surface area contributed by atoms with E-state index in [0.717, 1.165) is 73.5 Å². The monoisotopic (exact) mass is 428 g/mol. The van der Waals surface area contributed by atoms with Gasteiger partial charge in [-0.25, -0.2) is 0 Å². The Hall–Kier alpha value is -2.88. The van der Waals surface area contributed by atoms with Gasteiger partial charge >= 0.3 is 0 Å². The van der Waals surface area contributed by atoms with Crippen LogP contribution in [0.3, 0.4) is 0 Å². The number of carbonyl (C=O) groups is 2. The van der Waals surface area contributed by atoms with Crippen molar-refractivity contribution in [1.29, 1.82) is 0 Å². The summed E-state index contributed by atoms with van der Waals surface area (Å²) >= 11 is 0. The first kappa shape index (κ1) is 21.0. The standard InChI is InChI=1S/C28H32N2O2/c1-18-4-2-7-25-24(18)6-3-5-22(27(25)31)16-19-8-10-21(11-9-19)28(32)30-23-13-12-20-14-15-29-26(20)17-23/h2,4,7,12-15,17,19,21-22,29H,3,5-6,8-11,16H2,1H3,(H,30,32). The second-order valence-electron chi connectivity index (χ2n) is 9.78. The number of aromatic nitrogens is 1. The van der Waals surface area contributed by atoms with Crippen LogP contribution in [0, 0.1) is 24.7 Å². The number of carbonyl (C=O) groups excluding carboxylic acids is 2. The number of Topliss-reactive ketones (excluding diaryl/α,β-unsaturated/α-hetero) is 1. The van der Waals surface area contributed by atoms with Gasteiger partial charge in [0.25, 0.3) is 0 Å². The predicted octanol–water partition coefficient (Wildman–Crippen LogP) is 6.45. The van der Waals surface area contributed by atoms with E-state index in [1.54, 1.807) is 0 Å². The molecule has 166 valence electrons. The lowest BCUT2D eigenvalue weighted by Gasteiger charge is -2.30. The molecule has 1 aromatic heterocycles. The first-order valence-electron chi connectivity index (χ1n) is 12.1. The maximum absolute atomic E-state index is 13.2. The number of hydrogen-bond donors (Lipinski definition) is 2. The smallest absolute Gasteiger partial charge is 0.227 e. The fraction of sp³-hybridized carbons (Fsp3) is 0.429. The maximum Gasteiger partial charge on any atom is 0.227 e. The van der Waals surface area contributed by atoms with Crippen molar-refractivity contribution in [2.45, 2.75) is 58.3 Å². The lowest BCUT2D eigenvalue weighted by Crippen LogP contribution is -2.28. The van der Waals surface area contributed by atoms with Crippen molar-refractivity contribution >= 4 is 28.3 Å². The molecule has 1 atom stereocenters. The zero-order valence-corrected chi connectivity index (χ0v) is 18.8. The van der Waals surface area contributed by atoms with Crippen molar-refractivity contribution in [1.82, 2.24) is 4.98 Å². The fourth-order valence-electron chi connectivity index (χ4n) is 5.80. The summed E-state index contributed by atoms with van der Waals surface area (Å²) in [7, 11) is 0. The summed E-state index contributed by atoms with van der Waals surface area (Å²) in [5.74, 6) is 1.24. The van der Waals surface area contributed by atoms with Crippen LogP contribution in [-0.4, -0.2) is 16.7 Å². The van der Waals surface area contributed by atoms with Gasteiger partial charge in [0.15, 0.2) is 5.78 Å². The Bertz CT molecular complexity index is 1140. The van der Waals surface area contributed by atoms with E-state index in [2.05, 4.69) is 23.3 Å². The van der Waals surface area contributed by atoms with Gasteiger partial charge in [-0.1, -0.05) is 24.3 Å². The van der Waals surface area contributed by atoms with Crippen molar-refractivity contribution in [2.75, 3.05) is 5.32 Å². The molecule has 4 nitrogen and oxygen atoms in total. The van der Waals surface area contributed by atoms with Gasteiger partial charge in [-0.3, -0.25) is 9.59 Å². The molecule has 2 N–H and O–H groups in total. The van der Waals surface area contributed by atoms with Crippen LogP contribution in [0.2, 0.25) is 0 Å². The van der Waals surface area contributed by atoms with Crippen molar-refractivity contribution in [2.24, 2.45) is 17.8 Å². The normalized spacial score (nSPS) is 23.5. The Morgan fingerprint density at radius 2 is 1.91 bits per heavy atom. The van der Waals surface area contributed by atoms with Crippen LogP contribution in [0.1, 0.15) is 66.4 Å². The Kier molecular flexibility index (Phi) is 5.86. The molecular formula is C28H32N2O2. The molecule has 0 saturated heterocycles. The van der Waals surface area contributed by atoms with Gasteiger partial charge in [0, 0.05) is 34.8 Å². The largest absolute Gasteiger partial charge is 0.361 e. The molecule has 1 saturated carbocycles. The maximum atomic E-state index is 13.2. The van der Waals surface area contributed by atoms with Crippen LogP contribution in [0.4, 0.5) is 5.69 Å². The molecule has 4 heteroatoms. The third kappa shape index (κ3) is 4.23. The van der Waals surface area contributed by atoms with E-state index >= 15 is 0 Å². The summed E-state index contributed by atoms with van der Waals surface area (Å²) in [5, 5.41) is 4.26.